The third-order valence-corrected chi connectivity index (χ3v) is 9.66. The average molecular weight is 625 g/mol. The van der Waals surface area contributed by atoms with Crippen molar-refractivity contribution in [2.75, 3.05) is 0 Å². The van der Waals surface area contributed by atoms with Gasteiger partial charge in [-0.25, -0.2) is 9.97 Å². The minimum absolute atomic E-state index is 0.619. The topological polar surface area (TPSA) is 38.9 Å². The molecule has 49 heavy (non-hydrogen) atoms. The molecule has 0 amide bonds. The zero-order valence-electron chi connectivity index (χ0n) is 26.5. The Balaban J connectivity index is 1.22. The maximum atomic E-state index is 6.10. The first kappa shape index (κ1) is 27.5. The van der Waals surface area contributed by atoms with Crippen LogP contribution in [0.4, 0.5) is 0 Å². The molecule has 0 saturated heterocycles. The monoisotopic (exact) mass is 624 g/mol. The quantitative estimate of drug-likeness (QED) is 0.183. The molecule has 3 nitrogen and oxygen atoms in total. The summed E-state index contributed by atoms with van der Waals surface area (Å²) in [5.41, 5.74) is 10.2. The van der Waals surface area contributed by atoms with E-state index in [0.717, 1.165) is 55.3 Å². The van der Waals surface area contributed by atoms with Gasteiger partial charge in [-0.15, -0.1) is 0 Å². The van der Waals surface area contributed by atoms with Crippen molar-refractivity contribution < 1.29 is 4.42 Å². The summed E-state index contributed by atoms with van der Waals surface area (Å²) in [4.78, 5) is 10.2. The number of hydrogen-bond donors (Lipinski definition) is 0. The highest BCUT2D eigenvalue weighted by Gasteiger charge is 2.17. The van der Waals surface area contributed by atoms with Crippen LogP contribution >= 0.6 is 0 Å². The van der Waals surface area contributed by atoms with Crippen LogP contribution in [0.1, 0.15) is 0 Å². The molecule has 228 valence electrons. The minimum Gasteiger partial charge on any atom is -0.436 e. The molecule has 0 N–H and O–H groups in total. The Morgan fingerprint density at radius 2 is 0.939 bits per heavy atom. The first-order valence-electron chi connectivity index (χ1n) is 16.6. The van der Waals surface area contributed by atoms with Crippen LogP contribution in [0.15, 0.2) is 174 Å². The minimum atomic E-state index is 0.619. The Morgan fingerprint density at radius 3 is 1.69 bits per heavy atom. The summed E-state index contributed by atoms with van der Waals surface area (Å²) < 4.78 is 6.10. The van der Waals surface area contributed by atoms with E-state index in [1.165, 1.54) is 38.1 Å². The van der Waals surface area contributed by atoms with Crippen molar-refractivity contribution in [2.24, 2.45) is 0 Å². The fourth-order valence-electron chi connectivity index (χ4n) is 7.17. The van der Waals surface area contributed by atoms with Gasteiger partial charge in [0.1, 0.15) is 5.52 Å². The lowest BCUT2D eigenvalue weighted by molar-refractivity contribution is 0.620. The van der Waals surface area contributed by atoms with Gasteiger partial charge in [-0.2, -0.15) is 0 Å². The molecular weight excluding hydrogens is 597 g/mol. The number of benzene rings is 8. The average Bonchev–Trinajstić information content (AvgIpc) is 3.61. The second-order valence-electron chi connectivity index (χ2n) is 12.6. The zero-order chi connectivity index (χ0) is 32.3. The molecule has 0 aliphatic heterocycles. The largest absolute Gasteiger partial charge is 0.436 e. The van der Waals surface area contributed by atoms with E-state index < -0.39 is 0 Å². The fourth-order valence-corrected chi connectivity index (χ4v) is 7.17. The Hall–Kier alpha value is -6.58. The summed E-state index contributed by atoms with van der Waals surface area (Å²) >= 11 is 0. The standard InChI is InChI=1S/C46H28N2O/c1-3-11-33-25-35(23-17-29(33)9-1)39-27-41-40(31-19-21-32(22-20-31)46-48-42-15-7-8-16-44(42)49-46)28-43(47-45(41)38-14-6-5-13-37(38)39)36-24-18-30-10-2-4-12-34(30)26-36/h1-28H. The van der Waals surface area contributed by atoms with E-state index in [2.05, 4.69) is 146 Å². The van der Waals surface area contributed by atoms with Gasteiger partial charge in [0, 0.05) is 21.9 Å². The Labute approximate surface area is 282 Å². The highest BCUT2D eigenvalue weighted by molar-refractivity contribution is 6.16. The first-order valence-corrected chi connectivity index (χ1v) is 16.6. The van der Waals surface area contributed by atoms with Gasteiger partial charge >= 0.3 is 0 Å². The van der Waals surface area contributed by atoms with Gasteiger partial charge in [0.2, 0.25) is 5.89 Å². The van der Waals surface area contributed by atoms with Crippen molar-refractivity contribution in [1.82, 2.24) is 9.97 Å². The summed E-state index contributed by atoms with van der Waals surface area (Å²) in [5, 5.41) is 8.30. The first-order chi connectivity index (χ1) is 24.2. The van der Waals surface area contributed by atoms with Crippen LogP contribution < -0.4 is 0 Å². The van der Waals surface area contributed by atoms with E-state index >= 15 is 0 Å². The summed E-state index contributed by atoms with van der Waals surface area (Å²) in [6.07, 6.45) is 0. The molecule has 8 aromatic carbocycles. The third-order valence-electron chi connectivity index (χ3n) is 9.66. The van der Waals surface area contributed by atoms with E-state index in [1.807, 2.05) is 24.3 Å². The van der Waals surface area contributed by atoms with Crippen molar-refractivity contribution in [3.8, 4) is 45.0 Å². The normalized spacial score (nSPS) is 11.7. The van der Waals surface area contributed by atoms with Crippen molar-refractivity contribution in [3.63, 3.8) is 0 Å². The van der Waals surface area contributed by atoms with Crippen molar-refractivity contribution in [2.45, 2.75) is 0 Å². The second-order valence-corrected chi connectivity index (χ2v) is 12.6. The molecule has 0 fully saturated rings. The molecule has 0 spiro atoms. The maximum absolute atomic E-state index is 6.10. The molecule has 0 atom stereocenters. The Kier molecular flexibility index (Phi) is 6.18. The van der Waals surface area contributed by atoms with Crippen LogP contribution in [-0.4, -0.2) is 9.97 Å². The van der Waals surface area contributed by atoms with Crippen LogP contribution in [-0.2, 0) is 0 Å². The van der Waals surface area contributed by atoms with Crippen LogP contribution in [0.5, 0.6) is 0 Å². The van der Waals surface area contributed by atoms with Gasteiger partial charge in [0.15, 0.2) is 5.58 Å². The van der Waals surface area contributed by atoms with Crippen LogP contribution in [0.2, 0.25) is 0 Å². The molecule has 10 rings (SSSR count). The fraction of sp³-hybridized carbons (Fsp3) is 0. The van der Waals surface area contributed by atoms with Crippen LogP contribution in [0.25, 0.3) is 99.3 Å². The van der Waals surface area contributed by atoms with Crippen molar-refractivity contribution >= 4 is 54.3 Å². The molecule has 10 aromatic rings. The van der Waals surface area contributed by atoms with Gasteiger partial charge in [-0.05, 0) is 97.7 Å². The lowest BCUT2D eigenvalue weighted by Crippen LogP contribution is -1.93. The number of rotatable bonds is 4. The highest BCUT2D eigenvalue weighted by Crippen LogP contribution is 2.41. The van der Waals surface area contributed by atoms with Gasteiger partial charge in [0.25, 0.3) is 0 Å². The summed E-state index contributed by atoms with van der Waals surface area (Å²) in [6, 6.07) is 60.1. The summed E-state index contributed by atoms with van der Waals surface area (Å²) in [6.45, 7) is 0. The van der Waals surface area contributed by atoms with E-state index in [9.17, 15) is 0 Å². The number of para-hydroxylation sites is 2. The molecule has 0 aliphatic rings. The van der Waals surface area contributed by atoms with Gasteiger partial charge in [0.05, 0.1) is 11.2 Å². The number of hydrogen-bond acceptors (Lipinski definition) is 3. The lowest BCUT2D eigenvalue weighted by Gasteiger charge is -2.16. The molecule has 0 unspecified atom stereocenters. The Morgan fingerprint density at radius 1 is 0.367 bits per heavy atom. The Bertz CT molecular complexity index is 2850. The lowest BCUT2D eigenvalue weighted by atomic mass is 9.90. The molecule has 2 heterocycles. The predicted molar refractivity (Wildman–Crippen MR) is 204 cm³/mol. The van der Waals surface area contributed by atoms with Gasteiger partial charge in [-0.1, -0.05) is 121 Å². The van der Waals surface area contributed by atoms with Crippen molar-refractivity contribution in [1.29, 1.82) is 0 Å². The molecular formula is C46H28N2O. The van der Waals surface area contributed by atoms with Gasteiger partial charge in [-0.3, -0.25) is 0 Å². The zero-order valence-corrected chi connectivity index (χ0v) is 26.5. The number of aromatic nitrogens is 2. The van der Waals surface area contributed by atoms with Crippen LogP contribution in [0.3, 0.4) is 0 Å². The molecule has 0 saturated carbocycles. The number of fused-ring (bicyclic) bond motifs is 6. The molecule has 0 bridgehead atoms. The number of pyridine rings is 1. The van der Waals surface area contributed by atoms with Gasteiger partial charge < -0.3 is 4.42 Å². The van der Waals surface area contributed by atoms with Crippen molar-refractivity contribution in [3.05, 3.63) is 170 Å². The summed E-state index contributed by atoms with van der Waals surface area (Å²) in [7, 11) is 0. The molecule has 3 heteroatoms. The summed E-state index contributed by atoms with van der Waals surface area (Å²) in [5.74, 6) is 0.619. The molecule has 0 aliphatic carbocycles. The smallest absolute Gasteiger partial charge is 0.227 e. The predicted octanol–water partition coefficient (Wildman–Crippen LogP) is 12.5. The van der Waals surface area contributed by atoms with Crippen LogP contribution in [0, 0.1) is 0 Å². The van der Waals surface area contributed by atoms with E-state index in [1.54, 1.807) is 0 Å². The second kappa shape index (κ2) is 11.0. The highest BCUT2D eigenvalue weighted by atomic mass is 16.3. The van der Waals surface area contributed by atoms with E-state index in [0.29, 0.717) is 5.89 Å². The molecule has 0 radical (unpaired) electrons. The SMILES string of the molecule is c1ccc2cc(-c3cc(-c4ccc(-c5nc6ccccc6o5)cc4)c4cc(-c5ccc6ccccc6c5)c5ccccc5c4n3)ccc2c1. The number of nitrogens with zero attached hydrogens (tertiary/aromatic N) is 2. The number of oxazole rings is 1. The maximum Gasteiger partial charge on any atom is 0.227 e. The third kappa shape index (κ3) is 4.67. The molecule has 2 aromatic heterocycles. The van der Waals surface area contributed by atoms with E-state index in [4.69, 9.17) is 14.4 Å². The van der Waals surface area contributed by atoms with E-state index in [-0.39, 0.29) is 0 Å².